The highest BCUT2D eigenvalue weighted by Gasteiger charge is 2.08. The second-order valence-electron chi connectivity index (χ2n) is 5.19. The lowest BCUT2D eigenvalue weighted by Crippen LogP contribution is -2.30. The Morgan fingerprint density at radius 3 is 2.58 bits per heavy atom. The number of thiophene rings is 1. The maximum absolute atomic E-state index is 11.7. The Hall–Kier alpha value is -2.34. The molecule has 0 radical (unpaired) electrons. The van der Waals surface area contributed by atoms with Crippen molar-refractivity contribution in [1.29, 1.82) is 0 Å². The topological polar surface area (TPSA) is 64.6 Å². The molecule has 2 aromatic rings. The number of rotatable bonds is 9. The number of benzene rings is 1. The molecule has 0 spiro atoms. The first-order valence-electron chi connectivity index (χ1n) is 7.75. The van der Waals surface area contributed by atoms with E-state index in [0.29, 0.717) is 25.8 Å². The van der Waals surface area contributed by atoms with E-state index >= 15 is 0 Å². The molecule has 1 aromatic carbocycles. The maximum Gasteiger partial charge on any atom is 0.306 e. The normalized spacial score (nSPS) is 10.2. The second kappa shape index (κ2) is 9.72. The Kier molecular flexibility index (Phi) is 7.29. The zero-order chi connectivity index (χ0) is 17.2. The van der Waals surface area contributed by atoms with Crippen molar-refractivity contribution >= 4 is 23.2 Å². The summed E-state index contributed by atoms with van der Waals surface area (Å²) in [7, 11) is 1.62. The van der Waals surface area contributed by atoms with Crippen LogP contribution in [0.3, 0.4) is 0 Å². The predicted molar refractivity (Wildman–Crippen MR) is 93.3 cm³/mol. The van der Waals surface area contributed by atoms with Crippen LogP contribution in [0.5, 0.6) is 5.75 Å². The van der Waals surface area contributed by atoms with Gasteiger partial charge in [-0.3, -0.25) is 9.59 Å². The van der Waals surface area contributed by atoms with Gasteiger partial charge < -0.3 is 14.8 Å². The first-order valence-corrected chi connectivity index (χ1v) is 8.63. The maximum atomic E-state index is 11.7. The van der Waals surface area contributed by atoms with Gasteiger partial charge in [-0.05, 0) is 42.0 Å². The smallest absolute Gasteiger partial charge is 0.306 e. The van der Waals surface area contributed by atoms with Crippen LogP contribution in [0, 0.1) is 0 Å². The van der Waals surface area contributed by atoms with Crippen LogP contribution in [0.25, 0.3) is 0 Å². The number of amides is 1. The molecule has 0 aliphatic heterocycles. The molecule has 0 fully saturated rings. The van der Waals surface area contributed by atoms with E-state index < -0.39 is 0 Å². The van der Waals surface area contributed by atoms with Gasteiger partial charge >= 0.3 is 5.97 Å². The van der Waals surface area contributed by atoms with Crippen molar-refractivity contribution in [3.05, 3.63) is 52.2 Å². The minimum Gasteiger partial charge on any atom is -0.497 e. The van der Waals surface area contributed by atoms with Gasteiger partial charge in [-0.15, -0.1) is 11.3 Å². The summed E-state index contributed by atoms with van der Waals surface area (Å²) in [6.45, 7) is 0.268. The number of nitrogens with one attached hydrogen (secondary N) is 1. The third-order valence-corrected chi connectivity index (χ3v) is 4.35. The molecule has 1 heterocycles. The molecule has 2 rings (SSSR count). The summed E-state index contributed by atoms with van der Waals surface area (Å²) in [6.07, 6.45) is 1.65. The number of ether oxygens (including phenoxy) is 2. The van der Waals surface area contributed by atoms with Gasteiger partial charge in [0.25, 0.3) is 5.91 Å². The molecule has 24 heavy (non-hydrogen) atoms. The van der Waals surface area contributed by atoms with Crippen LogP contribution in [-0.2, 0) is 27.2 Å². The summed E-state index contributed by atoms with van der Waals surface area (Å²) in [5.41, 5.74) is 1.10. The van der Waals surface area contributed by atoms with Crippen molar-refractivity contribution in [2.45, 2.75) is 19.3 Å². The van der Waals surface area contributed by atoms with Crippen molar-refractivity contribution in [3.63, 3.8) is 0 Å². The van der Waals surface area contributed by atoms with Gasteiger partial charge in [0, 0.05) is 11.4 Å². The Balaban J connectivity index is 1.58. The fraction of sp³-hybridized carbons (Fsp3) is 0.333. The molecule has 0 aliphatic carbocycles. The van der Waals surface area contributed by atoms with E-state index in [1.165, 1.54) is 0 Å². The number of hydrogen-bond donors (Lipinski definition) is 1. The average Bonchev–Trinajstić information content (AvgIpc) is 3.12. The van der Waals surface area contributed by atoms with Gasteiger partial charge in [0.2, 0.25) is 0 Å². The molecule has 5 nitrogen and oxygen atoms in total. The molecular formula is C18H21NO4S. The van der Waals surface area contributed by atoms with Crippen LogP contribution < -0.4 is 10.1 Å². The predicted octanol–water partition coefficient (Wildman–Crippen LogP) is 2.59. The van der Waals surface area contributed by atoms with Gasteiger partial charge in [-0.2, -0.15) is 0 Å². The van der Waals surface area contributed by atoms with Crippen molar-refractivity contribution < 1.29 is 19.1 Å². The van der Waals surface area contributed by atoms with Crippen molar-refractivity contribution in [3.8, 4) is 5.75 Å². The lowest BCUT2D eigenvalue weighted by molar-refractivity contribution is -0.148. The molecule has 0 unspecified atom stereocenters. The lowest BCUT2D eigenvalue weighted by Gasteiger charge is -2.07. The Labute approximate surface area is 145 Å². The van der Waals surface area contributed by atoms with Crippen molar-refractivity contribution in [2.75, 3.05) is 20.3 Å². The fourth-order valence-electron chi connectivity index (χ4n) is 2.09. The van der Waals surface area contributed by atoms with E-state index in [1.807, 2.05) is 41.8 Å². The van der Waals surface area contributed by atoms with Crippen LogP contribution >= 0.6 is 11.3 Å². The van der Waals surface area contributed by atoms with Gasteiger partial charge in [-0.25, -0.2) is 0 Å². The standard InChI is InChI=1S/C18H21NO4S/c1-22-15-6-4-14(5-7-15)10-11-19-17(20)13-23-18(21)9-8-16-3-2-12-24-16/h2-7,12H,8-11,13H2,1H3,(H,19,20). The second-order valence-corrected chi connectivity index (χ2v) is 6.22. The number of esters is 1. The van der Waals surface area contributed by atoms with Gasteiger partial charge in [0.15, 0.2) is 6.61 Å². The van der Waals surface area contributed by atoms with E-state index in [-0.39, 0.29) is 18.5 Å². The number of carbonyl (C=O) groups excluding carboxylic acids is 2. The summed E-state index contributed by atoms with van der Waals surface area (Å²) in [4.78, 5) is 24.4. The first kappa shape index (κ1) is 18.0. The largest absolute Gasteiger partial charge is 0.497 e. The lowest BCUT2D eigenvalue weighted by atomic mass is 10.1. The SMILES string of the molecule is COc1ccc(CCNC(=O)COC(=O)CCc2cccs2)cc1. The van der Waals surface area contributed by atoms with Crippen LogP contribution in [0.4, 0.5) is 0 Å². The Morgan fingerprint density at radius 2 is 1.92 bits per heavy atom. The summed E-state index contributed by atoms with van der Waals surface area (Å²) >= 11 is 1.61. The van der Waals surface area contributed by atoms with Crippen molar-refractivity contribution in [1.82, 2.24) is 5.32 Å². The third kappa shape index (κ3) is 6.42. The molecule has 0 aliphatic rings. The zero-order valence-corrected chi connectivity index (χ0v) is 14.4. The molecule has 0 atom stereocenters. The molecule has 6 heteroatoms. The quantitative estimate of drug-likeness (QED) is 0.708. The van der Waals surface area contributed by atoms with E-state index in [0.717, 1.165) is 16.2 Å². The molecule has 0 bridgehead atoms. The Bertz CT molecular complexity index is 638. The minimum absolute atomic E-state index is 0.230. The number of hydrogen-bond acceptors (Lipinski definition) is 5. The van der Waals surface area contributed by atoms with Gasteiger partial charge in [-0.1, -0.05) is 18.2 Å². The fourth-order valence-corrected chi connectivity index (χ4v) is 2.80. The van der Waals surface area contributed by atoms with Crippen molar-refractivity contribution in [2.24, 2.45) is 0 Å². The van der Waals surface area contributed by atoms with E-state index in [1.54, 1.807) is 18.4 Å². The first-order chi connectivity index (χ1) is 11.7. The molecule has 1 aromatic heterocycles. The number of aryl methyl sites for hydroxylation is 1. The average molecular weight is 347 g/mol. The molecule has 128 valence electrons. The molecule has 1 amide bonds. The van der Waals surface area contributed by atoms with Crippen LogP contribution in [0.1, 0.15) is 16.9 Å². The molecule has 0 saturated heterocycles. The zero-order valence-electron chi connectivity index (χ0n) is 13.6. The Morgan fingerprint density at radius 1 is 1.12 bits per heavy atom. The van der Waals surface area contributed by atoms with Crippen LogP contribution in [-0.4, -0.2) is 32.1 Å². The summed E-state index contributed by atoms with van der Waals surface area (Å²) in [5.74, 6) is 0.166. The molecule has 1 N–H and O–H groups in total. The van der Waals surface area contributed by atoms with Gasteiger partial charge in [0.05, 0.1) is 13.5 Å². The highest BCUT2D eigenvalue weighted by atomic mass is 32.1. The molecule has 0 saturated carbocycles. The van der Waals surface area contributed by atoms with E-state index in [9.17, 15) is 9.59 Å². The summed E-state index contributed by atoms with van der Waals surface area (Å²) < 4.78 is 10.1. The highest BCUT2D eigenvalue weighted by Crippen LogP contribution is 2.12. The number of methoxy groups -OCH3 is 1. The van der Waals surface area contributed by atoms with Crippen LogP contribution in [0.2, 0.25) is 0 Å². The van der Waals surface area contributed by atoms with E-state index in [4.69, 9.17) is 9.47 Å². The van der Waals surface area contributed by atoms with E-state index in [2.05, 4.69) is 5.32 Å². The third-order valence-electron chi connectivity index (χ3n) is 3.41. The van der Waals surface area contributed by atoms with Gasteiger partial charge in [0.1, 0.15) is 5.75 Å². The number of carbonyl (C=O) groups is 2. The minimum atomic E-state index is -0.353. The summed E-state index contributed by atoms with van der Waals surface area (Å²) in [6, 6.07) is 11.6. The molecular weight excluding hydrogens is 326 g/mol. The summed E-state index contributed by atoms with van der Waals surface area (Å²) in [5, 5.41) is 4.71. The monoisotopic (exact) mass is 347 g/mol. The van der Waals surface area contributed by atoms with Crippen LogP contribution in [0.15, 0.2) is 41.8 Å². The highest BCUT2D eigenvalue weighted by molar-refractivity contribution is 7.09.